The van der Waals surface area contributed by atoms with E-state index in [1.165, 1.54) is 18.4 Å². The number of Topliss-reactive ketones (excluding diaryl/α,β-unsaturated/α-hetero) is 1. The average Bonchev–Trinajstić information content (AvgIpc) is 2.15. The molecular formula is C13H22O. The summed E-state index contributed by atoms with van der Waals surface area (Å²) in [4.78, 5) is 11.8. The van der Waals surface area contributed by atoms with Crippen molar-refractivity contribution >= 4 is 5.78 Å². The summed E-state index contributed by atoms with van der Waals surface area (Å²) in [7, 11) is 0. The molecule has 0 fully saturated rings. The van der Waals surface area contributed by atoms with Crippen molar-refractivity contribution in [2.45, 2.75) is 59.8 Å². The van der Waals surface area contributed by atoms with Crippen molar-refractivity contribution in [3.63, 3.8) is 0 Å². The molecule has 1 aliphatic rings. The summed E-state index contributed by atoms with van der Waals surface area (Å²) in [6, 6.07) is 0. The number of hydrogen-bond donors (Lipinski definition) is 0. The van der Waals surface area contributed by atoms with Crippen molar-refractivity contribution in [1.82, 2.24) is 0 Å². The molecule has 0 aromatic heterocycles. The van der Waals surface area contributed by atoms with Crippen LogP contribution in [0.1, 0.15) is 59.8 Å². The predicted octanol–water partition coefficient (Wildman–Crippen LogP) is 3.88. The Bertz CT molecular complexity index is 253. The molecule has 0 saturated heterocycles. The lowest BCUT2D eigenvalue weighted by Crippen LogP contribution is -2.19. The van der Waals surface area contributed by atoms with Gasteiger partial charge in [0, 0.05) is 6.42 Å². The summed E-state index contributed by atoms with van der Waals surface area (Å²) in [6.07, 6.45) is 5.26. The van der Waals surface area contributed by atoms with Gasteiger partial charge in [0.05, 0.1) is 0 Å². The van der Waals surface area contributed by atoms with Crippen LogP contribution in [-0.2, 0) is 4.79 Å². The lowest BCUT2D eigenvalue weighted by molar-refractivity contribution is -0.115. The lowest BCUT2D eigenvalue weighted by atomic mass is 9.75. The van der Waals surface area contributed by atoms with E-state index in [9.17, 15) is 4.79 Å². The fourth-order valence-corrected chi connectivity index (χ4v) is 2.25. The van der Waals surface area contributed by atoms with Crippen molar-refractivity contribution in [2.24, 2.45) is 5.41 Å². The fraction of sp³-hybridized carbons (Fsp3) is 0.769. The minimum atomic E-state index is 0.181. The molecule has 0 aromatic carbocycles. The molecule has 0 bridgehead atoms. The molecule has 0 spiro atoms. The normalized spacial score (nSPS) is 18.6. The van der Waals surface area contributed by atoms with E-state index in [-0.39, 0.29) is 5.41 Å². The van der Waals surface area contributed by atoms with Crippen LogP contribution in [0.2, 0.25) is 0 Å². The first-order valence-corrected chi connectivity index (χ1v) is 5.72. The molecule has 0 amide bonds. The summed E-state index contributed by atoms with van der Waals surface area (Å²) in [5.74, 6) is 0.370. The van der Waals surface area contributed by atoms with E-state index in [2.05, 4.69) is 20.8 Å². The van der Waals surface area contributed by atoms with Crippen LogP contribution < -0.4 is 0 Å². The Morgan fingerprint density at radius 3 is 2.29 bits per heavy atom. The molecular weight excluding hydrogens is 172 g/mol. The summed E-state index contributed by atoms with van der Waals surface area (Å²) in [6.45, 7) is 8.62. The molecule has 0 N–H and O–H groups in total. The van der Waals surface area contributed by atoms with Gasteiger partial charge >= 0.3 is 0 Å². The Hall–Kier alpha value is -0.590. The first kappa shape index (κ1) is 11.5. The highest BCUT2D eigenvalue weighted by molar-refractivity contribution is 5.96. The third-order valence-corrected chi connectivity index (χ3v) is 3.03. The maximum atomic E-state index is 11.8. The highest BCUT2D eigenvalue weighted by Crippen LogP contribution is 2.37. The number of carbonyl (C=O) groups is 1. The smallest absolute Gasteiger partial charge is 0.158 e. The predicted molar refractivity (Wildman–Crippen MR) is 60.2 cm³/mol. The van der Waals surface area contributed by atoms with Gasteiger partial charge in [-0.05, 0) is 36.7 Å². The molecule has 0 aliphatic heterocycles. The molecule has 0 unspecified atom stereocenters. The van der Waals surface area contributed by atoms with Crippen molar-refractivity contribution in [3.8, 4) is 0 Å². The zero-order valence-electron chi connectivity index (χ0n) is 9.94. The first-order chi connectivity index (χ1) is 6.46. The number of carbonyl (C=O) groups excluding carboxylic acids is 1. The van der Waals surface area contributed by atoms with E-state index < -0.39 is 0 Å². The van der Waals surface area contributed by atoms with E-state index in [0.717, 1.165) is 18.4 Å². The maximum Gasteiger partial charge on any atom is 0.158 e. The third-order valence-electron chi connectivity index (χ3n) is 3.03. The van der Waals surface area contributed by atoms with Gasteiger partial charge < -0.3 is 0 Å². The van der Waals surface area contributed by atoms with Gasteiger partial charge in [-0.2, -0.15) is 0 Å². The van der Waals surface area contributed by atoms with Gasteiger partial charge in [0.25, 0.3) is 0 Å². The molecule has 0 heterocycles. The zero-order valence-corrected chi connectivity index (χ0v) is 9.94. The Morgan fingerprint density at radius 2 is 1.79 bits per heavy atom. The van der Waals surface area contributed by atoms with Gasteiger partial charge in [-0.1, -0.05) is 33.3 Å². The van der Waals surface area contributed by atoms with E-state index in [4.69, 9.17) is 0 Å². The third kappa shape index (κ3) is 2.46. The van der Waals surface area contributed by atoms with Crippen LogP contribution in [0.15, 0.2) is 11.1 Å². The van der Waals surface area contributed by atoms with Crippen molar-refractivity contribution in [1.29, 1.82) is 0 Å². The summed E-state index contributed by atoms with van der Waals surface area (Å²) >= 11 is 0. The second-order valence-corrected chi connectivity index (χ2v) is 5.19. The van der Waals surface area contributed by atoms with E-state index in [0.29, 0.717) is 12.2 Å². The Kier molecular flexibility index (Phi) is 3.52. The van der Waals surface area contributed by atoms with Gasteiger partial charge in [0.2, 0.25) is 0 Å². The number of hydrogen-bond acceptors (Lipinski definition) is 1. The van der Waals surface area contributed by atoms with Crippen LogP contribution >= 0.6 is 0 Å². The Morgan fingerprint density at radius 1 is 1.21 bits per heavy atom. The van der Waals surface area contributed by atoms with Crippen LogP contribution in [0.3, 0.4) is 0 Å². The standard InChI is InChI=1S/C13H22O/c1-5-12(14)10-8-6-7-9-11(10)13(2,3)4/h5-9H2,1-4H3. The SMILES string of the molecule is CCC(=O)C1=C(C(C)(C)C)CCCC1. The lowest BCUT2D eigenvalue weighted by Gasteiger charge is -2.29. The first-order valence-electron chi connectivity index (χ1n) is 5.72. The molecule has 1 aliphatic carbocycles. The summed E-state index contributed by atoms with van der Waals surface area (Å²) < 4.78 is 0. The average molecular weight is 194 g/mol. The molecule has 0 aromatic rings. The minimum absolute atomic E-state index is 0.181. The van der Waals surface area contributed by atoms with Gasteiger partial charge in [0.1, 0.15) is 0 Å². The summed E-state index contributed by atoms with van der Waals surface area (Å²) in [5, 5.41) is 0. The van der Waals surface area contributed by atoms with Gasteiger partial charge in [0.15, 0.2) is 5.78 Å². The number of ketones is 1. The fourth-order valence-electron chi connectivity index (χ4n) is 2.25. The van der Waals surface area contributed by atoms with Crippen molar-refractivity contribution in [3.05, 3.63) is 11.1 Å². The van der Waals surface area contributed by atoms with Crippen molar-refractivity contribution in [2.75, 3.05) is 0 Å². The Labute approximate surface area is 87.6 Å². The molecule has 1 heteroatoms. The van der Waals surface area contributed by atoms with Gasteiger partial charge in [-0.25, -0.2) is 0 Å². The second kappa shape index (κ2) is 4.29. The highest BCUT2D eigenvalue weighted by atomic mass is 16.1. The molecule has 0 saturated carbocycles. The van der Waals surface area contributed by atoms with Crippen molar-refractivity contribution < 1.29 is 4.79 Å². The molecule has 0 atom stereocenters. The quantitative estimate of drug-likeness (QED) is 0.652. The van der Waals surface area contributed by atoms with Crippen LogP contribution in [0, 0.1) is 5.41 Å². The number of rotatable bonds is 2. The highest BCUT2D eigenvalue weighted by Gasteiger charge is 2.25. The maximum absolute atomic E-state index is 11.8. The zero-order chi connectivity index (χ0) is 10.8. The molecule has 0 radical (unpaired) electrons. The van der Waals surface area contributed by atoms with Crippen LogP contribution in [0.5, 0.6) is 0 Å². The second-order valence-electron chi connectivity index (χ2n) is 5.19. The molecule has 1 nitrogen and oxygen atoms in total. The minimum Gasteiger partial charge on any atom is -0.295 e. The van der Waals surface area contributed by atoms with Gasteiger partial charge in [-0.3, -0.25) is 4.79 Å². The van der Waals surface area contributed by atoms with E-state index >= 15 is 0 Å². The Balaban J connectivity index is 3.03. The summed E-state index contributed by atoms with van der Waals surface area (Å²) in [5.41, 5.74) is 2.74. The van der Waals surface area contributed by atoms with Gasteiger partial charge in [-0.15, -0.1) is 0 Å². The molecule has 1 rings (SSSR count). The van der Waals surface area contributed by atoms with E-state index in [1.54, 1.807) is 0 Å². The molecule has 14 heavy (non-hydrogen) atoms. The largest absolute Gasteiger partial charge is 0.295 e. The van der Waals surface area contributed by atoms with Crippen LogP contribution in [-0.4, -0.2) is 5.78 Å². The van der Waals surface area contributed by atoms with Crippen LogP contribution in [0.4, 0.5) is 0 Å². The van der Waals surface area contributed by atoms with Crippen LogP contribution in [0.25, 0.3) is 0 Å². The van der Waals surface area contributed by atoms with E-state index in [1.807, 2.05) is 6.92 Å². The monoisotopic (exact) mass is 194 g/mol. The number of allylic oxidation sites excluding steroid dienone is 2. The molecule has 80 valence electrons. The topological polar surface area (TPSA) is 17.1 Å².